The number of halogens is 1. The van der Waals surface area contributed by atoms with Crippen LogP contribution in [-0.2, 0) is 17.9 Å². The number of aryl methyl sites for hydroxylation is 1. The lowest BCUT2D eigenvalue weighted by molar-refractivity contribution is -0.134. The number of hydrogen-bond acceptors (Lipinski definition) is 2. The number of amides is 2. The fourth-order valence-corrected chi connectivity index (χ4v) is 5.56. The van der Waals surface area contributed by atoms with Crippen LogP contribution in [0.5, 0.6) is 0 Å². The molecule has 2 aromatic rings. The van der Waals surface area contributed by atoms with Crippen LogP contribution in [0.1, 0.15) is 80.2 Å². The molecule has 1 N–H and O–H groups in total. The highest BCUT2D eigenvalue weighted by Gasteiger charge is 2.48. The Morgan fingerprint density at radius 2 is 1.94 bits per heavy atom. The minimum atomic E-state index is -0.987. The third-order valence-corrected chi connectivity index (χ3v) is 7.44. The Balaban J connectivity index is 1.75. The van der Waals surface area contributed by atoms with Gasteiger partial charge in [0.25, 0.3) is 5.91 Å². The van der Waals surface area contributed by atoms with Crippen molar-refractivity contribution in [2.45, 2.75) is 84.5 Å². The lowest BCUT2D eigenvalue weighted by atomic mass is 9.91. The lowest BCUT2D eigenvalue weighted by Gasteiger charge is -2.45. The maximum atomic E-state index is 13.9. The monoisotopic (exact) mass is 511 g/mol. The molecule has 2 heterocycles. The first-order valence-electron chi connectivity index (χ1n) is 11.9. The number of fused-ring (bicyclic) bond motifs is 1. The van der Waals surface area contributed by atoms with Gasteiger partial charge in [-0.05, 0) is 75.9 Å². The SMILES string of the molecule is CC(C)=Cc1c(C)cc2n1CC(C)(C(=O)NC1CCCCC1)N(Cc1cccc(Br)c1)C2=O. The van der Waals surface area contributed by atoms with Gasteiger partial charge < -0.3 is 14.8 Å². The average Bonchev–Trinajstić information content (AvgIpc) is 3.06. The van der Waals surface area contributed by atoms with Crippen molar-refractivity contribution < 1.29 is 9.59 Å². The molecular formula is C27H34BrN3O2. The number of aromatic nitrogens is 1. The van der Waals surface area contributed by atoms with E-state index in [1.165, 1.54) is 6.42 Å². The summed E-state index contributed by atoms with van der Waals surface area (Å²) in [5.41, 5.74) is 3.89. The predicted molar refractivity (Wildman–Crippen MR) is 136 cm³/mol. The van der Waals surface area contributed by atoms with Gasteiger partial charge in [-0.25, -0.2) is 0 Å². The summed E-state index contributed by atoms with van der Waals surface area (Å²) in [6.45, 7) is 8.89. The Bertz CT molecular complexity index is 1090. The minimum absolute atomic E-state index is 0.0575. The zero-order chi connectivity index (χ0) is 23.8. The minimum Gasteiger partial charge on any atom is -0.351 e. The highest BCUT2D eigenvalue weighted by Crippen LogP contribution is 2.34. The first-order chi connectivity index (χ1) is 15.7. The summed E-state index contributed by atoms with van der Waals surface area (Å²) >= 11 is 3.53. The Kier molecular flexibility index (Phi) is 6.85. The molecule has 0 saturated heterocycles. The fraction of sp³-hybridized carbons (Fsp3) is 0.481. The van der Waals surface area contributed by atoms with E-state index in [0.29, 0.717) is 18.8 Å². The number of benzene rings is 1. The zero-order valence-electron chi connectivity index (χ0n) is 20.1. The molecule has 1 aliphatic carbocycles. The molecule has 1 aromatic carbocycles. The van der Waals surface area contributed by atoms with Gasteiger partial charge in [0, 0.05) is 22.8 Å². The molecule has 1 fully saturated rings. The maximum absolute atomic E-state index is 13.9. The number of nitrogens with one attached hydrogen (secondary N) is 1. The van der Waals surface area contributed by atoms with Crippen molar-refractivity contribution in [2.24, 2.45) is 0 Å². The van der Waals surface area contributed by atoms with Crippen LogP contribution in [0, 0.1) is 6.92 Å². The summed E-state index contributed by atoms with van der Waals surface area (Å²) in [6, 6.07) is 10.1. The summed E-state index contributed by atoms with van der Waals surface area (Å²) in [5.74, 6) is -0.156. The summed E-state index contributed by atoms with van der Waals surface area (Å²) in [5, 5.41) is 3.30. The molecule has 2 aliphatic rings. The van der Waals surface area contributed by atoms with Crippen LogP contribution in [0.3, 0.4) is 0 Å². The normalized spacial score (nSPS) is 21.0. The van der Waals surface area contributed by atoms with E-state index in [-0.39, 0.29) is 17.9 Å². The number of hydrogen-bond donors (Lipinski definition) is 1. The maximum Gasteiger partial charge on any atom is 0.271 e. The molecule has 1 aromatic heterocycles. The van der Waals surface area contributed by atoms with Crippen LogP contribution in [0.4, 0.5) is 0 Å². The van der Waals surface area contributed by atoms with Gasteiger partial charge in [-0.3, -0.25) is 9.59 Å². The van der Waals surface area contributed by atoms with Crippen molar-refractivity contribution in [3.8, 4) is 0 Å². The van der Waals surface area contributed by atoms with E-state index in [1.807, 2.05) is 48.7 Å². The second kappa shape index (κ2) is 9.49. The summed E-state index contributed by atoms with van der Waals surface area (Å²) < 4.78 is 3.01. The van der Waals surface area contributed by atoms with E-state index in [2.05, 4.69) is 41.2 Å². The second-order valence-corrected chi connectivity index (χ2v) is 10.9. The van der Waals surface area contributed by atoms with Crippen molar-refractivity contribution in [3.05, 3.63) is 62.9 Å². The van der Waals surface area contributed by atoms with Crippen LogP contribution in [0.2, 0.25) is 0 Å². The second-order valence-electron chi connectivity index (χ2n) is 10.0. The Morgan fingerprint density at radius 1 is 1.21 bits per heavy atom. The largest absolute Gasteiger partial charge is 0.351 e. The van der Waals surface area contributed by atoms with Gasteiger partial charge in [0.05, 0.1) is 6.54 Å². The van der Waals surface area contributed by atoms with Gasteiger partial charge >= 0.3 is 0 Å². The van der Waals surface area contributed by atoms with Gasteiger partial charge in [-0.1, -0.05) is 52.9 Å². The van der Waals surface area contributed by atoms with E-state index in [4.69, 9.17) is 0 Å². The smallest absolute Gasteiger partial charge is 0.271 e. The van der Waals surface area contributed by atoms with Crippen LogP contribution < -0.4 is 5.32 Å². The number of nitrogens with zero attached hydrogens (tertiary/aromatic N) is 2. The van der Waals surface area contributed by atoms with E-state index in [9.17, 15) is 9.59 Å². The highest BCUT2D eigenvalue weighted by atomic mass is 79.9. The first kappa shape index (κ1) is 23.8. The molecule has 33 heavy (non-hydrogen) atoms. The molecule has 4 rings (SSSR count). The zero-order valence-corrected chi connectivity index (χ0v) is 21.7. The highest BCUT2D eigenvalue weighted by molar-refractivity contribution is 9.10. The molecule has 0 radical (unpaired) electrons. The number of rotatable bonds is 5. The number of allylic oxidation sites excluding steroid dienone is 1. The van der Waals surface area contributed by atoms with Crippen LogP contribution in [-0.4, -0.2) is 32.9 Å². The predicted octanol–water partition coefficient (Wildman–Crippen LogP) is 5.85. The topological polar surface area (TPSA) is 54.3 Å². The summed E-state index contributed by atoms with van der Waals surface area (Å²) in [7, 11) is 0. The van der Waals surface area contributed by atoms with Gasteiger partial charge in [0.2, 0.25) is 5.91 Å². The van der Waals surface area contributed by atoms with Gasteiger partial charge in [-0.2, -0.15) is 0 Å². The molecule has 0 bridgehead atoms. The molecule has 1 unspecified atom stereocenters. The van der Waals surface area contributed by atoms with Crippen molar-refractivity contribution in [2.75, 3.05) is 0 Å². The van der Waals surface area contributed by atoms with Crippen molar-refractivity contribution in [1.29, 1.82) is 0 Å². The number of carbonyl (C=O) groups is 2. The molecule has 1 aliphatic heterocycles. The summed E-state index contributed by atoms with van der Waals surface area (Å²) in [4.78, 5) is 29.4. The number of carbonyl (C=O) groups excluding carboxylic acids is 2. The van der Waals surface area contributed by atoms with E-state index in [1.54, 1.807) is 4.90 Å². The van der Waals surface area contributed by atoms with E-state index in [0.717, 1.165) is 52.5 Å². The molecule has 6 heteroatoms. The quantitative estimate of drug-likeness (QED) is 0.547. The van der Waals surface area contributed by atoms with Gasteiger partial charge in [0.15, 0.2) is 0 Å². The van der Waals surface area contributed by atoms with E-state index < -0.39 is 5.54 Å². The Morgan fingerprint density at radius 3 is 2.61 bits per heavy atom. The Labute approximate surface area is 205 Å². The van der Waals surface area contributed by atoms with Crippen molar-refractivity contribution in [1.82, 2.24) is 14.8 Å². The van der Waals surface area contributed by atoms with Crippen LogP contribution in [0.25, 0.3) is 6.08 Å². The van der Waals surface area contributed by atoms with Gasteiger partial charge in [-0.15, -0.1) is 0 Å². The molecule has 0 spiro atoms. The van der Waals surface area contributed by atoms with Gasteiger partial charge in [0.1, 0.15) is 11.2 Å². The molecule has 2 amide bonds. The first-order valence-corrected chi connectivity index (χ1v) is 12.7. The van der Waals surface area contributed by atoms with Crippen LogP contribution >= 0.6 is 15.9 Å². The van der Waals surface area contributed by atoms with Crippen molar-refractivity contribution in [3.63, 3.8) is 0 Å². The third-order valence-electron chi connectivity index (χ3n) is 6.95. The fourth-order valence-electron chi connectivity index (χ4n) is 5.11. The molecule has 1 saturated carbocycles. The van der Waals surface area contributed by atoms with Crippen LogP contribution in [0.15, 0.2) is 40.4 Å². The molecule has 5 nitrogen and oxygen atoms in total. The van der Waals surface area contributed by atoms with Crippen molar-refractivity contribution >= 4 is 33.8 Å². The standard InChI is InChI=1S/C27H34BrN3O2/c1-18(2)13-23-19(3)14-24-25(32)31(16-20-9-8-10-21(28)15-20)27(4,17-30(23)24)26(33)29-22-11-6-5-7-12-22/h8-10,13-15,22H,5-7,11-12,16-17H2,1-4H3,(H,29,33). The molecular weight excluding hydrogens is 478 g/mol. The average molecular weight is 512 g/mol. The molecule has 1 atom stereocenters. The Hall–Kier alpha value is -2.34. The molecule has 176 valence electrons. The third kappa shape index (κ3) is 4.81. The van der Waals surface area contributed by atoms with E-state index >= 15 is 0 Å². The summed E-state index contributed by atoms with van der Waals surface area (Å²) in [6.07, 6.45) is 7.66. The lowest BCUT2D eigenvalue weighted by Crippen LogP contribution is -2.64.